The van der Waals surface area contributed by atoms with Crippen LogP contribution < -0.4 is 0 Å². The monoisotopic (exact) mass is 689 g/mol. The minimum Gasteiger partial charge on any atom is -0.324 e. The van der Waals surface area contributed by atoms with Crippen molar-refractivity contribution in [2.45, 2.75) is 55.4 Å². The van der Waals surface area contributed by atoms with E-state index in [1.807, 2.05) is 24.3 Å². The smallest absolute Gasteiger partial charge is 0.165 e. The Labute approximate surface area is 294 Å². The Balaban J connectivity index is 0.00000348. The van der Waals surface area contributed by atoms with Crippen LogP contribution in [-0.2, 0) is 17.1 Å². The second-order valence-corrected chi connectivity index (χ2v) is 13.2. The van der Waals surface area contributed by atoms with Crippen molar-refractivity contribution >= 4 is 44.1 Å². The van der Waals surface area contributed by atoms with Crippen LogP contribution in [0, 0.1) is 55.4 Å². The quantitative estimate of drug-likeness (QED) is 0.154. The van der Waals surface area contributed by atoms with Crippen molar-refractivity contribution in [3.05, 3.63) is 93.0 Å². The molecule has 8 nitrogen and oxygen atoms in total. The number of benzene rings is 4. The van der Waals surface area contributed by atoms with E-state index < -0.39 is 0 Å². The summed E-state index contributed by atoms with van der Waals surface area (Å²) in [4.78, 5) is 38.4. The van der Waals surface area contributed by atoms with Crippen molar-refractivity contribution in [3.8, 4) is 45.6 Å². The number of aromatic nitrogens is 8. The average molecular weight is 690 g/mol. The fourth-order valence-electron chi connectivity index (χ4n) is 7.56. The topological polar surface area (TPSA) is 109 Å². The summed E-state index contributed by atoms with van der Waals surface area (Å²) in [7, 11) is 0. The molecule has 0 saturated carbocycles. The van der Waals surface area contributed by atoms with E-state index in [-0.39, 0.29) is 17.1 Å². The molecule has 2 N–H and O–H groups in total. The third kappa shape index (κ3) is 4.28. The van der Waals surface area contributed by atoms with Crippen LogP contribution in [0.4, 0.5) is 0 Å². The Kier molecular flexibility index (Phi) is 6.90. The second kappa shape index (κ2) is 10.9. The van der Waals surface area contributed by atoms with Gasteiger partial charge in [-0.1, -0.05) is 48.5 Å². The molecule has 9 rings (SSSR count). The summed E-state index contributed by atoms with van der Waals surface area (Å²) in [6.45, 7) is 17.4. The molecule has 0 aliphatic carbocycles. The molecule has 2 aliphatic heterocycles. The van der Waals surface area contributed by atoms with Gasteiger partial charge in [-0.15, -0.1) is 0 Å². The molecule has 0 saturated heterocycles. The fraction of sp³-hybridized carbons (Fsp3) is 0.200. The summed E-state index contributed by atoms with van der Waals surface area (Å²) >= 11 is 0. The molecule has 7 aromatic rings. The van der Waals surface area contributed by atoms with Gasteiger partial charge >= 0.3 is 0 Å². The van der Waals surface area contributed by atoms with E-state index in [2.05, 4.69) is 89.6 Å². The zero-order valence-corrected chi connectivity index (χ0v) is 29.5. The number of hydrogen-bond acceptors (Lipinski definition) is 6. The van der Waals surface area contributed by atoms with E-state index in [1.165, 1.54) is 33.4 Å². The normalized spacial score (nSPS) is 11.9. The zero-order chi connectivity index (χ0) is 33.2. The van der Waals surface area contributed by atoms with E-state index in [0.29, 0.717) is 34.6 Å². The van der Waals surface area contributed by atoms with Gasteiger partial charge in [0.15, 0.2) is 23.3 Å². The van der Waals surface area contributed by atoms with Gasteiger partial charge in [-0.2, -0.15) is 0 Å². The standard InChI is InChI=1S/C40H34N8.Cu/c1-17-19(3)23(7)31-29(21(17)5)37-44-35-27-15-11-9-13-25(27)33(42-35)41-34-26-14-10-12-16-28(26)36(43-34)45-38-30-22(6)18(2)20(4)24(8)32(30)40(47-38)48-39(31)46-37;/h9-16H,1-8H3,(H2,41,42,43,44,45,46,47,48);. The molecule has 49 heavy (non-hydrogen) atoms. The first-order valence-corrected chi connectivity index (χ1v) is 16.3. The number of aryl methyl sites for hydroxylation is 2. The zero-order valence-electron chi connectivity index (χ0n) is 28.6. The van der Waals surface area contributed by atoms with Crippen molar-refractivity contribution in [2.75, 3.05) is 0 Å². The Bertz CT molecular complexity index is 2770. The number of rotatable bonds is 0. The summed E-state index contributed by atoms with van der Waals surface area (Å²) < 4.78 is 0. The van der Waals surface area contributed by atoms with Crippen LogP contribution in [0.3, 0.4) is 0 Å². The molecule has 1 radical (unpaired) electrons. The maximum atomic E-state index is 5.36. The maximum Gasteiger partial charge on any atom is 0.165 e. The van der Waals surface area contributed by atoms with Crippen molar-refractivity contribution < 1.29 is 17.1 Å². The van der Waals surface area contributed by atoms with Crippen LogP contribution in [0.25, 0.3) is 89.7 Å². The predicted molar refractivity (Wildman–Crippen MR) is 194 cm³/mol. The van der Waals surface area contributed by atoms with Gasteiger partial charge < -0.3 is 9.97 Å². The second-order valence-electron chi connectivity index (χ2n) is 13.2. The molecule has 0 unspecified atom stereocenters. The van der Waals surface area contributed by atoms with Crippen molar-refractivity contribution in [1.82, 2.24) is 39.9 Å². The first kappa shape index (κ1) is 31.1. The SMILES string of the molecule is Cc1c(C)c(C)c2c(c1C)-c1nc-2nc2[nH]c(nc3nc(nc4[nH]c(n1)c1ccccc41)-c1ccccc1-3)c1c(C)c(C)c(C)c(C)c21.[Cu]. The first-order chi connectivity index (χ1) is 23.1. The van der Waals surface area contributed by atoms with Crippen molar-refractivity contribution in [1.29, 1.82) is 0 Å². The number of hydrogen-bond donors (Lipinski definition) is 2. The van der Waals surface area contributed by atoms with Crippen LogP contribution in [0.1, 0.15) is 44.5 Å². The van der Waals surface area contributed by atoms with E-state index in [9.17, 15) is 0 Å². The van der Waals surface area contributed by atoms with Crippen LogP contribution in [0.15, 0.2) is 48.5 Å². The molecule has 5 heterocycles. The number of nitrogens with zero attached hydrogens (tertiary/aromatic N) is 6. The van der Waals surface area contributed by atoms with E-state index >= 15 is 0 Å². The average Bonchev–Trinajstić information content (AvgIpc) is 3.83. The summed E-state index contributed by atoms with van der Waals surface area (Å²) in [5.41, 5.74) is 16.4. The Hall–Kier alpha value is -5.24. The number of nitrogens with one attached hydrogen (secondary N) is 2. The van der Waals surface area contributed by atoms with Crippen molar-refractivity contribution in [3.63, 3.8) is 0 Å². The first-order valence-electron chi connectivity index (χ1n) is 16.3. The molecular formula is C40H34CuN8. The number of aromatic amines is 2. The predicted octanol–water partition coefficient (Wildman–Crippen LogP) is 9.33. The summed E-state index contributed by atoms with van der Waals surface area (Å²) in [6, 6.07) is 16.3. The molecule has 4 aromatic carbocycles. The van der Waals surface area contributed by atoms with Gasteiger partial charge in [0.1, 0.15) is 22.6 Å². The maximum absolute atomic E-state index is 5.36. The molecule has 3 aromatic heterocycles. The third-order valence-corrected chi connectivity index (χ3v) is 10.9. The molecule has 0 fully saturated rings. The van der Waals surface area contributed by atoms with Gasteiger partial charge in [0.25, 0.3) is 0 Å². The van der Waals surface area contributed by atoms with E-state index in [1.54, 1.807) is 0 Å². The van der Waals surface area contributed by atoms with Gasteiger partial charge in [0, 0.05) is 60.9 Å². The molecule has 2 aliphatic rings. The van der Waals surface area contributed by atoms with Gasteiger partial charge in [-0.05, 0) is 99.9 Å². The number of H-pyrrole nitrogens is 2. The van der Waals surface area contributed by atoms with Crippen LogP contribution in [0.2, 0.25) is 0 Å². The minimum atomic E-state index is 0. The molecule has 8 bridgehead atoms. The van der Waals surface area contributed by atoms with Gasteiger partial charge in [0.2, 0.25) is 0 Å². The van der Waals surface area contributed by atoms with Crippen molar-refractivity contribution in [2.24, 2.45) is 0 Å². The molecule has 0 amide bonds. The minimum absolute atomic E-state index is 0. The summed E-state index contributed by atoms with van der Waals surface area (Å²) in [5.74, 6) is 2.49. The molecular weight excluding hydrogens is 656 g/mol. The Morgan fingerprint density at radius 1 is 0.367 bits per heavy atom. The Morgan fingerprint density at radius 2 is 0.714 bits per heavy atom. The Morgan fingerprint density at radius 3 is 1.20 bits per heavy atom. The summed E-state index contributed by atoms with van der Waals surface area (Å²) in [6.07, 6.45) is 0. The fourth-order valence-corrected chi connectivity index (χ4v) is 7.56. The van der Waals surface area contributed by atoms with Gasteiger partial charge in [-0.3, -0.25) is 0 Å². The molecule has 0 spiro atoms. The largest absolute Gasteiger partial charge is 0.324 e. The van der Waals surface area contributed by atoms with Crippen LogP contribution in [-0.4, -0.2) is 39.9 Å². The van der Waals surface area contributed by atoms with Gasteiger partial charge in [-0.25, -0.2) is 29.9 Å². The number of fused-ring (bicyclic) bond motifs is 20. The summed E-state index contributed by atoms with van der Waals surface area (Å²) in [5, 5.41) is 4.02. The van der Waals surface area contributed by atoms with Crippen LogP contribution in [0.5, 0.6) is 0 Å². The van der Waals surface area contributed by atoms with Crippen LogP contribution >= 0.6 is 0 Å². The molecule has 9 heteroatoms. The van der Waals surface area contributed by atoms with E-state index in [4.69, 9.17) is 29.9 Å². The van der Waals surface area contributed by atoms with Gasteiger partial charge in [0.05, 0.1) is 0 Å². The van der Waals surface area contributed by atoms with E-state index in [0.717, 1.165) is 66.2 Å². The molecule has 0 atom stereocenters. The molecule has 245 valence electrons. The third-order valence-electron chi connectivity index (χ3n) is 10.9.